The molecule has 0 bridgehead atoms. The average Bonchev–Trinajstić information content (AvgIpc) is 3.00. The van der Waals surface area contributed by atoms with Gasteiger partial charge in [0.25, 0.3) is 0 Å². The Morgan fingerprint density at radius 2 is 2.13 bits per heavy atom. The Labute approximate surface area is 136 Å². The third kappa shape index (κ3) is 3.62. The summed E-state index contributed by atoms with van der Waals surface area (Å²) in [6.45, 7) is 9.02. The first-order valence-corrected chi connectivity index (χ1v) is 8.06. The molecule has 23 heavy (non-hydrogen) atoms. The van der Waals surface area contributed by atoms with Crippen LogP contribution >= 0.6 is 0 Å². The maximum Gasteiger partial charge on any atom is 0.127 e. The first-order chi connectivity index (χ1) is 10.9. The Morgan fingerprint density at radius 1 is 1.35 bits per heavy atom. The largest absolute Gasteiger partial charge is 0.378 e. The summed E-state index contributed by atoms with van der Waals surface area (Å²) in [4.78, 5) is 10.2. The highest BCUT2D eigenvalue weighted by Gasteiger charge is 2.28. The van der Waals surface area contributed by atoms with Gasteiger partial charge in [0.1, 0.15) is 11.6 Å². The van der Waals surface area contributed by atoms with Crippen LogP contribution < -0.4 is 0 Å². The molecule has 0 saturated carbocycles. The first-order valence-electron chi connectivity index (χ1n) is 8.06. The van der Waals surface area contributed by atoms with E-state index in [-0.39, 0.29) is 17.3 Å². The lowest BCUT2D eigenvalue weighted by Crippen LogP contribution is -2.39. The van der Waals surface area contributed by atoms with Crippen molar-refractivity contribution in [3.05, 3.63) is 53.4 Å². The number of hydrogen-bond acceptors (Lipinski definition) is 3. The molecule has 1 aliphatic rings. The van der Waals surface area contributed by atoms with E-state index in [4.69, 9.17) is 4.74 Å². The van der Waals surface area contributed by atoms with Crippen molar-refractivity contribution in [1.29, 1.82) is 0 Å². The van der Waals surface area contributed by atoms with Gasteiger partial charge >= 0.3 is 0 Å². The minimum Gasteiger partial charge on any atom is -0.378 e. The van der Waals surface area contributed by atoms with E-state index in [0.717, 1.165) is 18.1 Å². The maximum absolute atomic E-state index is 14.0. The maximum atomic E-state index is 14.0. The molecule has 1 unspecified atom stereocenters. The van der Waals surface area contributed by atoms with Crippen LogP contribution in [0.1, 0.15) is 43.9 Å². The molecule has 3 rings (SSSR count). The number of nitrogens with zero attached hydrogens (tertiary/aromatic N) is 2. The molecule has 0 radical (unpaired) electrons. The number of aromatic amines is 1. The van der Waals surface area contributed by atoms with E-state index in [2.05, 4.69) is 35.6 Å². The Balaban J connectivity index is 1.82. The molecule has 0 spiro atoms. The van der Waals surface area contributed by atoms with Crippen LogP contribution in [0.2, 0.25) is 0 Å². The zero-order valence-electron chi connectivity index (χ0n) is 14.0. The van der Waals surface area contributed by atoms with Crippen molar-refractivity contribution in [3.8, 4) is 0 Å². The van der Waals surface area contributed by atoms with Crippen molar-refractivity contribution in [2.75, 3.05) is 19.8 Å². The van der Waals surface area contributed by atoms with Crippen LogP contribution in [-0.2, 0) is 16.7 Å². The Bertz CT molecular complexity index is 662. The molecule has 1 saturated heterocycles. The zero-order valence-corrected chi connectivity index (χ0v) is 14.0. The number of imidazole rings is 1. The molecule has 2 aromatic rings. The second-order valence-corrected chi connectivity index (χ2v) is 7.08. The van der Waals surface area contributed by atoms with Gasteiger partial charge in [-0.3, -0.25) is 4.90 Å². The van der Waals surface area contributed by atoms with E-state index in [9.17, 15) is 4.39 Å². The van der Waals surface area contributed by atoms with Crippen molar-refractivity contribution >= 4 is 0 Å². The molecular weight excluding hydrogens is 293 g/mol. The fourth-order valence-corrected chi connectivity index (χ4v) is 2.81. The molecule has 1 atom stereocenters. The first kappa shape index (κ1) is 16.1. The molecule has 0 amide bonds. The lowest BCUT2D eigenvalue weighted by atomic mass is 9.93. The van der Waals surface area contributed by atoms with Crippen LogP contribution in [0.5, 0.6) is 0 Å². The Kier molecular flexibility index (Phi) is 4.50. The van der Waals surface area contributed by atoms with Crippen LogP contribution in [0.25, 0.3) is 0 Å². The van der Waals surface area contributed by atoms with E-state index in [0.29, 0.717) is 25.3 Å². The van der Waals surface area contributed by atoms with E-state index >= 15 is 0 Å². The number of H-pyrrole nitrogens is 1. The monoisotopic (exact) mass is 317 g/mol. The molecule has 1 N–H and O–H groups in total. The quantitative estimate of drug-likeness (QED) is 0.943. The molecular formula is C18H24FN3O. The normalized spacial score (nSPS) is 19.9. The predicted octanol–water partition coefficient (Wildman–Crippen LogP) is 3.42. The summed E-state index contributed by atoms with van der Waals surface area (Å²) >= 11 is 0. The average molecular weight is 317 g/mol. The summed E-state index contributed by atoms with van der Waals surface area (Å²) in [6, 6.07) is 6.97. The van der Waals surface area contributed by atoms with Gasteiger partial charge in [-0.2, -0.15) is 0 Å². The van der Waals surface area contributed by atoms with E-state index in [1.165, 1.54) is 6.07 Å². The van der Waals surface area contributed by atoms with Gasteiger partial charge in [-0.05, 0) is 6.07 Å². The van der Waals surface area contributed by atoms with Crippen molar-refractivity contribution in [2.45, 2.75) is 38.8 Å². The van der Waals surface area contributed by atoms with E-state index < -0.39 is 0 Å². The van der Waals surface area contributed by atoms with Gasteiger partial charge in [0.05, 0.1) is 19.3 Å². The third-order valence-electron chi connectivity index (χ3n) is 4.29. The number of ether oxygens (including phenoxy) is 1. The number of aromatic nitrogens is 2. The van der Waals surface area contributed by atoms with Crippen LogP contribution in [0.4, 0.5) is 4.39 Å². The fraction of sp³-hybridized carbons (Fsp3) is 0.500. The SMILES string of the molecule is CC(C)(C)c1cnc(C2COCCN2Cc2ccccc2F)[nH]1. The van der Waals surface area contributed by atoms with Crippen LogP contribution in [0.3, 0.4) is 0 Å². The molecule has 1 aromatic heterocycles. The van der Waals surface area contributed by atoms with Gasteiger partial charge in [0.15, 0.2) is 0 Å². The fourth-order valence-electron chi connectivity index (χ4n) is 2.81. The number of hydrogen-bond donors (Lipinski definition) is 1. The summed E-state index contributed by atoms with van der Waals surface area (Å²) in [5.74, 6) is 0.735. The van der Waals surface area contributed by atoms with Gasteiger partial charge in [0.2, 0.25) is 0 Å². The summed E-state index contributed by atoms with van der Waals surface area (Å²) in [5.41, 5.74) is 1.84. The van der Waals surface area contributed by atoms with Crippen molar-refractivity contribution in [1.82, 2.24) is 14.9 Å². The topological polar surface area (TPSA) is 41.1 Å². The van der Waals surface area contributed by atoms with Gasteiger partial charge < -0.3 is 9.72 Å². The van der Waals surface area contributed by atoms with Crippen molar-refractivity contribution in [3.63, 3.8) is 0 Å². The second-order valence-electron chi connectivity index (χ2n) is 7.08. The smallest absolute Gasteiger partial charge is 0.127 e. The summed E-state index contributed by atoms with van der Waals surface area (Å²) in [7, 11) is 0. The summed E-state index contributed by atoms with van der Waals surface area (Å²) in [6.07, 6.45) is 1.89. The molecule has 0 aliphatic carbocycles. The number of nitrogens with one attached hydrogen (secondary N) is 1. The highest BCUT2D eigenvalue weighted by Crippen LogP contribution is 2.27. The Hall–Kier alpha value is -1.72. The summed E-state index contributed by atoms with van der Waals surface area (Å²) in [5, 5.41) is 0. The van der Waals surface area contributed by atoms with E-state index in [1.807, 2.05) is 18.3 Å². The third-order valence-corrected chi connectivity index (χ3v) is 4.29. The van der Waals surface area contributed by atoms with Gasteiger partial charge in [0, 0.05) is 36.0 Å². The second kappa shape index (κ2) is 6.42. The van der Waals surface area contributed by atoms with Crippen molar-refractivity contribution in [2.24, 2.45) is 0 Å². The zero-order chi connectivity index (χ0) is 16.4. The van der Waals surface area contributed by atoms with Crippen LogP contribution in [-0.4, -0.2) is 34.6 Å². The lowest BCUT2D eigenvalue weighted by Gasteiger charge is -2.34. The predicted molar refractivity (Wildman–Crippen MR) is 87.7 cm³/mol. The van der Waals surface area contributed by atoms with E-state index in [1.54, 1.807) is 6.07 Å². The van der Waals surface area contributed by atoms with Crippen molar-refractivity contribution < 1.29 is 9.13 Å². The highest BCUT2D eigenvalue weighted by molar-refractivity contribution is 5.18. The molecule has 1 aromatic carbocycles. The number of halogens is 1. The summed E-state index contributed by atoms with van der Waals surface area (Å²) < 4.78 is 19.6. The Morgan fingerprint density at radius 3 is 2.83 bits per heavy atom. The van der Waals surface area contributed by atoms with Gasteiger partial charge in [-0.15, -0.1) is 0 Å². The highest BCUT2D eigenvalue weighted by atomic mass is 19.1. The minimum atomic E-state index is -0.160. The molecule has 1 aliphatic heterocycles. The standard InChI is InChI=1S/C18H24FN3O/c1-18(2,3)16-10-20-17(21-16)15-12-23-9-8-22(15)11-13-6-4-5-7-14(13)19/h4-7,10,15H,8-9,11-12H2,1-3H3,(H,20,21). The lowest BCUT2D eigenvalue weighted by molar-refractivity contribution is -0.0161. The minimum absolute atomic E-state index is 0.0249. The molecule has 1 fully saturated rings. The number of morpholine rings is 1. The molecule has 5 heteroatoms. The van der Waals surface area contributed by atoms with Crippen LogP contribution in [0, 0.1) is 5.82 Å². The number of benzene rings is 1. The van der Waals surface area contributed by atoms with Crippen LogP contribution in [0.15, 0.2) is 30.5 Å². The van der Waals surface area contributed by atoms with Gasteiger partial charge in [-0.1, -0.05) is 39.0 Å². The molecule has 4 nitrogen and oxygen atoms in total. The number of rotatable bonds is 3. The van der Waals surface area contributed by atoms with Gasteiger partial charge in [-0.25, -0.2) is 9.37 Å². The molecule has 2 heterocycles. The molecule has 124 valence electrons.